The number of hydrogen-bond acceptors (Lipinski definition) is 2. The van der Waals surface area contributed by atoms with Gasteiger partial charge in [-0.25, -0.2) is 0 Å². The highest BCUT2D eigenvalue weighted by Crippen LogP contribution is 2.27. The predicted molar refractivity (Wildman–Crippen MR) is 115 cm³/mol. The van der Waals surface area contributed by atoms with Gasteiger partial charge in [-0.2, -0.15) is 0 Å². The van der Waals surface area contributed by atoms with Crippen molar-refractivity contribution in [1.82, 2.24) is 14.8 Å². The molecule has 1 aromatic heterocycles. The van der Waals surface area contributed by atoms with Gasteiger partial charge in [0.15, 0.2) is 0 Å². The minimum atomic E-state index is -0.125. The van der Waals surface area contributed by atoms with Gasteiger partial charge in [0.2, 0.25) is 5.91 Å². The molecule has 0 radical (unpaired) electrons. The van der Waals surface area contributed by atoms with E-state index in [1.807, 2.05) is 0 Å². The molecule has 1 aliphatic heterocycles. The van der Waals surface area contributed by atoms with Crippen LogP contribution in [-0.4, -0.2) is 34.0 Å². The van der Waals surface area contributed by atoms with Crippen LogP contribution in [-0.2, 0) is 18.4 Å². The Morgan fingerprint density at radius 2 is 1.96 bits per heavy atom. The molecule has 28 heavy (non-hydrogen) atoms. The Morgan fingerprint density at radius 1 is 1.14 bits per heavy atom. The number of fused-ring (bicyclic) bond motifs is 1. The molecule has 1 aliphatic rings. The van der Waals surface area contributed by atoms with Gasteiger partial charge in [0.25, 0.3) is 0 Å². The minimum Gasteiger partial charge on any atom is -0.351 e. The minimum absolute atomic E-state index is 0.0580. The largest absolute Gasteiger partial charge is 0.351 e. The van der Waals surface area contributed by atoms with Gasteiger partial charge in [-0.1, -0.05) is 24.3 Å². The average Bonchev–Trinajstić information content (AvgIpc) is 3.01. The van der Waals surface area contributed by atoms with Crippen LogP contribution in [0.3, 0.4) is 0 Å². The van der Waals surface area contributed by atoms with Crippen molar-refractivity contribution in [3.63, 3.8) is 0 Å². The SMILES string of the molecule is CC(=O)NC1(C)CCCN(Cc2cccc(-c3ccc4c(ccn4C)c3)c2)C1. The first-order chi connectivity index (χ1) is 13.4. The van der Waals surface area contributed by atoms with Crippen LogP contribution in [0.25, 0.3) is 22.0 Å². The number of aryl methyl sites for hydroxylation is 1. The zero-order valence-corrected chi connectivity index (χ0v) is 17.0. The molecule has 2 aromatic carbocycles. The van der Waals surface area contributed by atoms with Crippen LogP contribution < -0.4 is 5.32 Å². The van der Waals surface area contributed by atoms with Crippen molar-refractivity contribution in [2.75, 3.05) is 13.1 Å². The Morgan fingerprint density at radius 3 is 2.79 bits per heavy atom. The van der Waals surface area contributed by atoms with Gasteiger partial charge < -0.3 is 9.88 Å². The van der Waals surface area contributed by atoms with Gasteiger partial charge in [0.1, 0.15) is 0 Å². The topological polar surface area (TPSA) is 37.3 Å². The number of likely N-dealkylation sites (tertiary alicyclic amines) is 1. The lowest BCUT2D eigenvalue weighted by Gasteiger charge is -2.41. The Labute approximate surface area is 167 Å². The third-order valence-corrected chi connectivity index (χ3v) is 5.81. The van der Waals surface area contributed by atoms with E-state index in [9.17, 15) is 4.79 Å². The smallest absolute Gasteiger partial charge is 0.217 e. The summed E-state index contributed by atoms with van der Waals surface area (Å²) in [5.74, 6) is 0.0580. The molecular weight excluding hydrogens is 346 g/mol. The van der Waals surface area contributed by atoms with Crippen molar-refractivity contribution in [2.45, 2.75) is 38.8 Å². The Hall–Kier alpha value is -2.59. The summed E-state index contributed by atoms with van der Waals surface area (Å²) < 4.78 is 2.15. The highest BCUT2D eigenvalue weighted by Gasteiger charge is 2.31. The first kappa shape index (κ1) is 18.8. The van der Waals surface area contributed by atoms with Gasteiger partial charge in [-0.15, -0.1) is 0 Å². The maximum Gasteiger partial charge on any atom is 0.217 e. The molecule has 0 bridgehead atoms. The summed E-state index contributed by atoms with van der Waals surface area (Å²) in [6.07, 6.45) is 4.26. The van der Waals surface area contributed by atoms with E-state index < -0.39 is 0 Å². The second-order valence-corrected chi connectivity index (χ2v) is 8.46. The van der Waals surface area contributed by atoms with E-state index in [0.29, 0.717) is 0 Å². The van der Waals surface area contributed by atoms with Crippen LogP contribution >= 0.6 is 0 Å². The first-order valence-corrected chi connectivity index (χ1v) is 10.1. The summed E-state index contributed by atoms with van der Waals surface area (Å²) >= 11 is 0. The molecule has 1 saturated heterocycles. The van der Waals surface area contributed by atoms with Crippen LogP contribution in [0, 0.1) is 0 Å². The molecule has 1 N–H and O–H groups in total. The summed E-state index contributed by atoms with van der Waals surface area (Å²) in [6, 6.07) is 17.7. The van der Waals surface area contributed by atoms with Crippen molar-refractivity contribution >= 4 is 16.8 Å². The van der Waals surface area contributed by atoms with E-state index in [1.54, 1.807) is 6.92 Å². The third-order valence-electron chi connectivity index (χ3n) is 5.81. The normalized spacial score (nSPS) is 20.4. The van der Waals surface area contributed by atoms with Crippen molar-refractivity contribution in [3.8, 4) is 11.1 Å². The second-order valence-electron chi connectivity index (χ2n) is 8.46. The summed E-state index contributed by atoms with van der Waals surface area (Å²) in [7, 11) is 2.08. The number of benzene rings is 2. The molecule has 4 nitrogen and oxygen atoms in total. The van der Waals surface area contributed by atoms with E-state index in [1.165, 1.54) is 27.6 Å². The molecule has 4 heteroatoms. The van der Waals surface area contributed by atoms with E-state index in [4.69, 9.17) is 0 Å². The zero-order valence-electron chi connectivity index (χ0n) is 17.0. The van der Waals surface area contributed by atoms with Gasteiger partial charge in [-0.3, -0.25) is 9.69 Å². The Balaban J connectivity index is 1.52. The van der Waals surface area contributed by atoms with Crippen LogP contribution in [0.15, 0.2) is 54.7 Å². The monoisotopic (exact) mass is 375 g/mol. The molecular formula is C24H29N3O. The quantitative estimate of drug-likeness (QED) is 0.737. The predicted octanol–water partition coefficient (Wildman–Crippen LogP) is 4.34. The van der Waals surface area contributed by atoms with Crippen molar-refractivity contribution in [1.29, 1.82) is 0 Å². The summed E-state index contributed by atoms with van der Waals surface area (Å²) in [4.78, 5) is 14.0. The van der Waals surface area contributed by atoms with Crippen LogP contribution in [0.1, 0.15) is 32.3 Å². The molecule has 0 saturated carbocycles. The fraction of sp³-hybridized carbons (Fsp3) is 0.375. The molecule has 2 heterocycles. The number of nitrogens with one attached hydrogen (secondary N) is 1. The van der Waals surface area contributed by atoms with Crippen molar-refractivity contribution in [2.24, 2.45) is 7.05 Å². The number of carbonyl (C=O) groups excluding carboxylic acids is 1. The zero-order chi connectivity index (χ0) is 19.7. The van der Waals surface area contributed by atoms with Gasteiger partial charge in [0, 0.05) is 49.7 Å². The highest BCUT2D eigenvalue weighted by atomic mass is 16.1. The maximum atomic E-state index is 11.5. The van der Waals surface area contributed by atoms with Crippen molar-refractivity contribution in [3.05, 3.63) is 60.3 Å². The highest BCUT2D eigenvalue weighted by molar-refractivity contribution is 5.85. The lowest BCUT2D eigenvalue weighted by molar-refractivity contribution is -0.121. The van der Waals surface area contributed by atoms with E-state index >= 15 is 0 Å². The van der Waals surface area contributed by atoms with Crippen molar-refractivity contribution < 1.29 is 4.79 Å². The van der Waals surface area contributed by atoms with E-state index in [0.717, 1.165) is 32.5 Å². The fourth-order valence-corrected chi connectivity index (χ4v) is 4.58. The number of aromatic nitrogens is 1. The molecule has 146 valence electrons. The molecule has 1 unspecified atom stereocenters. The Bertz CT molecular complexity index is 1010. The number of hydrogen-bond donors (Lipinski definition) is 1. The molecule has 0 spiro atoms. The second kappa shape index (κ2) is 7.44. The third kappa shape index (κ3) is 3.97. The van der Waals surface area contributed by atoms with Crippen LogP contribution in [0.2, 0.25) is 0 Å². The number of nitrogens with zero attached hydrogens (tertiary/aromatic N) is 2. The molecule has 1 atom stereocenters. The first-order valence-electron chi connectivity index (χ1n) is 10.1. The maximum absolute atomic E-state index is 11.5. The summed E-state index contributed by atoms with van der Waals surface area (Å²) in [5, 5.41) is 4.42. The molecule has 1 fully saturated rings. The molecule has 3 aromatic rings. The van der Waals surface area contributed by atoms with E-state index in [2.05, 4.69) is 83.5 Å². The molecule has 4 rings (SSSR count). The van der Waals surface area contributed by atoms with Gasteiger partial charge in [0.05, 0.1) is 0 Å². The number of piperidine rings is 1. The van der Waals surface area contributed by atoms with Crippen LogP contribution in [0.4, 0.5) is 0 Å². The summed E-state index contributed by atoms with van der Waals surface area (Å²) in [6.45, 7) is 6.65. The summed E-state index contributed by atoms with van der Waals surface area (Å²) in [5.41, 5.74) is 4.95. The average molecular weight is 376 g/mol. The van der Waals surface area contributed by atoms with Gasteiger partial charge in [-0.05, 0) is 67.3 Å². The van der Waals surface area contributed by atoms with Crippen LogP contribution in [0.5, 0.6) is 0 Å². The number of carbonyl (C=O) groups is 1. The standard InChI is InChI=1S/C24H29N3O/c1-18(28)25-24(2)11-5-12-27(17-24)16-19-6-4-7-20(14-19)21-8-9-23-22(15-21)10-13-26(23)3/h4,6-10,13-15H,5,11-12,16-17H2,1-3H3,(H,25,28). The Kier molecular flexibility index (Phi) is 4.98. The fourth-order valence-electron chi connectivity index (χ4n) is 4.58. The molecule has 0 aliphatic carbocycles. The van der Waals surface area contributed by atoms with Gasteiger partial charge >= 0.3 is 0 Å². The number of rotatable bonds is 4. The lowest BCUT2D eigenvalue weighted by Crippen LogP contribution is -2.56. The van der Waals surface area contributed by atoms with E-state index in [-0.39, 0.29) is 11.4 Å². The lowest BCUT2D eigenvalue weighted by atomic mass is 9.90. The number of amides is 1. The molecule has 1 amide bonds.